The molecule has 0 amide bonds. The molecule has 1 fully saturated rings. The van der Waals surface area contributed by atoms with Crippen LogP contribution in [0.3, 0.4) is 0 Å². The smallest absolute Gasteiger partial charge is 0.329 e. The number of carboxylic acids is 1. The van der Waals surface area contributed by atoms with E-state index >= 15 is 0 Å². The molecular weight excluding hydrogens is 237 g/mol. The quantitative estimate of drug-likeness (QED) is 0.886. The Kier molecular flexibility index (Phi) is 3.19. The summed E-state index contributed by atoms with van der Waals surface area (Å²) in [5.74, 6) is -1.35. The van der Waals surface area contributed by atoms with Crippen LogP contribution >= 0.6 is 0 Å². The van der Waals surface area contributed by atoms with E-state index in [0.29, 0.717) is 31.5 Å². The number of rotatable bonds is 3. The van der Waals surface area contributed by atoms with E-state index in [1.807, 2.05) is 0 Å². The molecule has 2 rings (SSSR count). The van der Waals surface area contributed by atoms with Crippen molar-refractivity contribution in [1.29, 1.82) is 0 Å². The van der Waals surface area contributed by atoms with Gasteiger partial charge >= 0.3 is 5.97 Å². The first kappa shape index (κ1) is 12.7. The van der Waals surface area contributed by atoms with Crippen LogP contribution in [-0.2, 0) is 11.2 Å². The van der Waals surface area contributed by atoms with Crippen molar-refractivity contribution in [2.75, 3.05) is 11.4 Å². The lowest BCUT2D eigenvalue weighted by Gasteiger charge is -2.32. The van der Waals surface area contributed by atoms with Crippen molar-refractivity contribution >= 4 is 11.8 Å². The molecule has 0 bridgehead atoms. The van der Waals surface area contributed by atoms with Crippen molar-refractivity contribution < 1.29 is 14.3 Å². The highest BCUT2D eigenvalue weighted by Gasteiger charge is 2.45. The molecule has 0 aromatic carbocycles. The van der Waals surface area contributed by atoms with Crippen LogP contribution < -0.4 is 4.90 Å². The number of anilines is 1. The Morgan fingerprint density at radius 1 is 1.61 bits per heavy atom. The summed E-state index contributed by atoms with van der Waals surface area (Å²) in [6.07, 6.45) is 2.96. The fourth-order valence-electron chi connectivity index (χ4n) is 2.36. The van der Waals surface area contributed by atoms with Crippen molar-refractivity contribution in [3.63, 3.8) is 0 Å². The maximum Gasteiger partial charge on any atom is 0.329 e. The third-order valence-corrected chi connectivity index (χ3v) is 3.54. The monoisotopic (exact) mass is 253 g/mol. The molecule has 0 radical (unpaired) electrons. The minimum Gasteiger partial charge on any atom is -0.480 e. The van der Waals surface area contributed by atoms with Gasteiger partial charge in [0, 0.05) is 6.54 Å². The topological polar surface area (TPSA) is 66.3 Å². The van der Waals surface area contributed by atoms with Crippen LogP contribution in [0.5, 0.6) is 0 Å². The molecule has 1 atom stereocenters. The standard InChI is InChI=1S/C12H16FN3O2/c1-3-8-9(13)10(15-7-14-8)16-6-4-5-12(16,2)11(17)18/h7H,3-6H2,1-2H3,(H,17,18). The number of aromatic nitrogens is 2. The predicted molar refractivity (Wildman–Crippen MR) is 64.0 cm³/mol. The first-order valence-electron chi connectivity index (χ1n) is 6.01. The summed E-state index contributed by atoms with van der Waals surface area (Å²) in [6, 6.07) is 0. The van der Waals surface area contributed by atoms with Crippen LogP contribution in [0.1, 0.15) is 32.4 Å². The van der Waals surface area contributed by atoms with E-state index in [0.717, 1.165) is 0 Å². The summed E-state index contributed by atoms with van der Waals surface area (Å²) in [6.45, 7) is 3.91. The van der Waals surface area contributed by atoms with E-state index < -0.39 is 17.3 Å². The number of aliphatic carboxylic acids is 1. The summed E-state index contributed by atoms with van der Waals surface area (Å²) in [5.41, 5.74) is -0.764. The normalized spacial score (nSPS) is 23.4. The molecule has 1 aromatic heterocycles. The van der Waals surface area contributed by atoms with E-state index in [1.165, 1.54) is 11.2 Å². The lowest BCUT2D eigenvalue weighted by atomic mass is 9.99. The number of hydrogen-bond donors (Lipinski definition) is 1. The van der Waals surface area contributed by atoms with Gasteiger partial charge in [0.2, 0.25) is 0 Å². The summed E-state index contributed by atoms with van der Waals surface area (Å²) in [7, 11) is 0. The molecule has 1 unspecified atom stereocenters. The molecule has 0 saturated carbocycles. The molecule has 2 heterocycles. The van der Waals surface area contributed by atoms with Crippen molar-refractivity contribution in [3.05, 3.63) is 17.8 Å². The van der Waals surface area contributed by atoms with E-state index in [-0.39, 0.29) is 5.82 Å². The maximum atomic E-state index is 14.2. The first-order valence-corrected chi connectivity index (χ1v) is 6.01. The van der Waals surface area contributed by atoms with Crippen molar-refractivity contribution in [2.45, 2.75) is 38.6 Å². The van der Waals surface area contributed by atoms with E-state index in [4.69, 9.17) is 0 Å². The molecule has 18 heavy (non-hydrogen) atoms. The number of carboxylic acid groups (broad SMARTS) is 1. The molecular formula is C12H16FN3O2. The van der Waals surface area contributed by atoms with Crippen LogP contribution in [0.15, 0.2) is 6.33 Å². The number of halogens is 1. The average molecular weight is 253 g/mol. The minimum absolute atomic E-state index is 0.101. The molecule has 5 nitrogen and oxygen atoms in total. The van der Waals surface area contributed by atoms with Gasteiger partial charge in [-0.05, 0) is 26.2 Å². The Morgan fingerprint density at radius 2 is 2.33 bits per heavy atom. The number of nitrogens with zero attached hydrogens (tertiary/aromatic N) is 3. The van der Waals surface area contributed by atoms with Gasteiger partial charge in [-0.3, -0.25) is 0 Å². The first-order chi connectivity index (χ1) is 8.50. The number of aryl methyl sites for hydroxylation is 1. The molecule has 1 aliphatic heterocycles. The Labute approximate surface area is 105 Å². The summed E-state index contributed by atoms with van der Waals surface area (Å²) in [5, 5.41) is 9.31. The molecule has 98 valence electrons. The highest BCUT2D eigenvalue weighted by atomic mass is 19.1. The zero-order valence-electron chi connectivity index (χ0n) is 10.5. The van der Waals surface area contributed by atoms with E-state index in [2.05, 4.69) is 9.97 Å². The van der Waals surface area contributed by atoms with Crippen LogP contribution in [0.25, 0.3) is 0 Å². The Balaban J connectivity index is 2.46. The fraction of sp³-hybridized carbons (Fsp3) is 0.583. The SMILES string of the molecule is CCc1ncnc(N2CCCC2(C)C(=O)O)c1F. The number of carbonyl (C=O) groups is 1. The van der Waals surface area contributed by atoms with Crippen molar-refractivity contribution in [3.8, 4) is 0 Å². The highest BCUT2D eigenvalue weighted by molar-refractivity contribution is 5.83. The van der Waals surface area contributed by atoms with Gasteiger partial charge in [0.25, 0.3) is 0 Å². The number of hydrogen-bond acceptors (Lipinski definition) is 4. The molecule has 0 spiro atoms. The minimum atomic E-state index is -1.08. The average Bonchev–Trinajstić information content (AvgIpc) is 2.73. The molecule has 1 saturated heterocycles. The predicted octanol–water partition coefficient (Wildman–Crippen LogP) is 1.62. The Bertz CT molecular complexity index is 480. The highest BCUT2D eigenvalue weighted by Crippen LogP contribution is 2.34. The molecule has 1 N–H and O–H groups in total. The van der Waals surface area contributed by atoms with Crippen LogP contribution in [0.2, 0.25) is 0 Å². The third-order valence-electron chi connectivity index (χ3n) is 3.54. The molecule has 1 aliphatic rings. The van der Waals surface area contributed by atoms with Gasteiger partial charge in [-0.1, -0.05) is 6.92 Å². The second-order valence-electron chi connectivity index (χ2n) is 4.65. The van der Waals surface area contributed by atoms with Crippen LogP contribution in [-0.4, -0.2) is 33.1 Å². The van der Waals surface area contributed by atoms with Crippen molar-refractivity contribution in [2.24, 2.45) is 0 Å². The summed E-state index contributed by atoms with van der Waals surface area (Å²) >= 11 is 0. The van der Waals surface area contributed by atoms with Gasteiger partial charge in [0.15, 0.2) is 11.6 Å². The lowest BCUT2D eigenvalue weighted by Crippen LogP contribution is -2.49. The van der Waals surface area contributed by atoms with Gasteiger partial charge in [0.05, 0.1) is 5.69 Å². The maximum absolute atomic E-state index is 14.2. The Morgan fingerprint density at radius 3 is 2.94 bits per heavy atom. The van der Waals surface area contributed by atoms with Crippen molar-refractivity contribution in [1.82, 2.24) is 9.97 Å². The van der Waals surface area contributed by atoms with Gasteiger partial charge < -0.3 is 10.0 Å². The second kappa shape index (κ2) is 4.51. The van der Waals surface area contributed by atoms with Gasteiger partial charge in [0.1, 0.15) is 11.9 Å². The molecule has 1 aromatic rings. The largest absolute Gasteiger partial charge is 0.480 e. The van der Waals surface area contributed by atoms with Gasteiger partial charge in [-0.25, -0.2) is 19.2 Å². The lowest BCUT2D eigenvalue weighted by molar-refractivity contribution is -0.142. The molecule has 0 aliphatic carbocycles. The zero-order valence-corrected chi connectivity index (χ0v) is 10.5. The molecule has 6 heteroatoms. The van der Waals surface area contributed by atoms with Gasteiger partial charge in [-0.15, -0.1) is 0 Å². The van der Waals surface area contributed by atoms with Crippen LogP contribution in [0, 0.1) is 5.82 Å². The zero-order chi connectivity index (χ0) is 13.3. The summed E-state index contributed by atoms with van der Waals surface area (Å²) < 4.78 is 14.2. The third kappa shape index (κ3) is 1.81. The summed E-state index contributed by atoms with van der Waals surface area (Å²) in [4.78, 5) is 20.7. The van der Waals surface area contributed by atoms with E-state index in [1.54, 1.807) is 13.8 Å². The Hall–Kier alpha value is -1.72. The fourth-order valence-corrected chi connectivity index (χ4v) is 2.36. The van der Waals surface area contributed by atoms with Crippen LogP contribution in [0.4, 0.5) is 10.2 Å². The van der Waals surface area contributed by atoms with E-state index in [9.17, 15) is 14.3 Å². The van der Waals surface area contributed by atoms with Gasteiger partial charge in [-0.2, -0.15) is 0 Å². The second-order valence-corrected chi connectivity index (χ2v) is 4.65.